The van der Waals surface area contributed by atoms with Gasteiger partial charge in [-0.2, -0.15) is 0 Å². The molecule has 0 aromatic heterocycles. The number of hydrogen-bond acceptors (Lipinski definition) is 8. The highest BCUT2D eigenvalue weighted by Crippen LogP contribution is 2.07. The minimum Gasteiger partial charge on any atom is -0.480 e. The topological polar surface area (TPSA) is 234 Å². The lowest BCUT2D eigenvalue weighted by molar-refractivity contribution is -0.145. The number of primary amides is 1. The highest BCUT2D eigenvalue weighted by atomic mass is 16.4. The summed E-state index contributed by atoms with van der Waals surface area (Å²) in [7, 11) is 0. The normalized spacial score (nSPS) is 16.0. The fourth-order valence-corrected chi connectivity index (χ4v) is 2.39. The first-order chi connectivity index (χ1) is 13.8. The molecule has 10 N–H and O–H groups in total. The molecule has 0 spiro atoms. The molecule has 0 rings (SSSR count). The van der Waals surface area contributed by atoms with Gasteiger partial charge in [-0.1, -0.05) is 13.8 Å². The number of aliphatic hydroxyl groups excluding tert-OH is 2. The van der Waals surface area contributed by atoms with Gasteiger partial charge in [-0.25, -0.2) is 4.79 Å². The Bertz CT molecular complexity index is 640. The van der Waals surface area contributed by atoms with E-state index in [0.29, 0.717) is 0 Å². The number of nitrogens with one attached hydrogen (secondary N) is 3. The highest BCUT2D eigenvalue weighted by molar-refractivity contribution is 5.96. The number of amides is 4. The van der Waals surface area contributed by atoms with Crippen molar-refractivity contribution >= 4 is 29.6 Å². The predicted octanol–water partition coefficient (Wildman–Crippen LogP) is -3.85. The van der Waals surface area contributed by atoms with E-state index in [1.807, 2.05) is 0 Å². The van der Waals surface area contributed by atoms with Gasteiger partial charge < -0.3 is 42.7 Å². The number of aliphatic hydroxyl groups is 2. The summed E-state index contributed by atoms with van der Waals surface area (Å²) in [6, 6.07) is -5.64. The van der Waals surface area contributed by atoms with Gasteiger partial charge in [0.15, 0.2) is 6.04 Å². The molecule has 0 aliphatic rings. The summed E-state index contributed by atoms with van der Waals surface area (Å²) in [6.45, 7) is 3.97. The van der Waals surface area contributed by atoms with Crippen LogP contribution in [0.1, 0.15) is 33.6 Å². The fourth-order valence-electron chi connectivity index (χ4n) is 2.39. The van der Waals surface area contributed by atoms with Crippen LogP contribution in [0.2, 0.25) is 0 Å². The lowest BCUT2D eigenvalue weighted by atomic mass is 10.0. The molecule has 13 heteroatoms. The van der Waals surface area contributed by atoms with Crippen molar-refractivity contribution in [2.45, 2.75) is 63.9 Å². The van der Waals surface area contributed by atoms with Crippen molar-refractivity contribution in [1.29, 1.82) is 0 Å². The number of nitrogens with two attached hydrogens (primary N) is 2. The van der Waals surface area contributed by atoms with Gasteiger partial charge in [-0.15, -0.1) is 0 Å². The first kappa shape index (κ1) is 27.2. The Labute approximate surface area is 173 Å². The number of aliphatic carboxylic acids is 1. The number of carboxylic acids is 1. The largest absolute Gasteiger partial charge is 0.480 e. The Morgan fingerprint density at radius 1 is 0.900 bits per heavy atom. The molecule has 0 aromatic rings. The molecular formula is C17H31N5O8. The number of carboxylic acid groups (broad SMARTS) is 1. The molecule has 30 heavy (non-hydrogen) atoms. The van der Waals surface area contributed by atoms with Gasteiger partial charge in [0.05, 0.1) is 19.1 Å². The first-order valence-electron chi connectivity index (χ1n) is 9.26. The Morgan fingerprint density at radius 2 is 1.40 bits per heavy atom. The van der Waals surface area contributed by atoms with Crippen LogP contribution < -0.4 is 27.4 Å². The van der Waals surface area contributed by atoms with Crippen LogP contribution in [0.3, 0.4) is 0 Å². The molecule has 0 saturated heterocycles. The van der Waals surface area contributed by atoms with E-state index in [9.17, 15) is 29.1 Å². The van der Waals surface area contributed by atoms with Crippen LogP contribution in [0.4, 0.5) is 0 Å². The van der Waals surface area contributed by atoms with E-state index in [-0.39, 0.29) is 12.3 Å². The molecule has 172 valence electrons. The van der Waals surface area contributed by atoms with Crippen LogP contribution in [0.25, 0.3) is 0 Å². The van der Waals surface area contributed by atoms with Gasteiger partial charge in [0.1, 0.15) is 18.1 Å². The highest BCUT2D eigenvalue weighted by Gasteiger charge is 2.32. The molecule has 4 amide bonds. The summed E-state index contributed by atoms with van der Waals surface area (Å²) >= 11 is 0. The fraction of sp³-hybridized carbons (Fsp3) is 0.706. The summed E-state index contributed by atoms with van der Waals surface area (Å²) in [6.07, 6.45) is -1.91. The summed E-state index contributed by atoms with van der Waals surface area (Å²) in [5.41, 5.74) is 10.5. The molecule has 0 aromatic carbocycles. The van der Waals surface area contributed by atoms with Crippen molar-refractivity contribution in [2.24, 2.45) is 17.4 Å². The quantitative estimate of drug-likeness (QED) is 0.142. The van der Waals surface area contributed by atoms with E-state index in [0.717, 1.165) is 0 Å². The van der Waals surface area contributed by atoms with Crippen molar-refractivity contribution in [3.05, 3.63) is 0 Å². The maximum Gasteiger partial charge on any atom is 0.328 e. The molecule has 5 atom stereocenters. The summed E-state index contributed by atoms with van der Waals surface area (Å²) in [4.78, 5) is 59.4. The Kier molecular flexibility index (Phi) is 11.5. The number of rotatable bonds is 13. The number of carbonyl (C=O) groups excluding carboxylic acids is 4. The molecule has 0 saturated carbocycles. The minimum absolute atomic E-state index is 0.0944. The third-order valence-electron chi connectivity index (χ3n) is 3.96. The second-order valence-corrected chi connectivity index (χ2v) is 7.28. The van der Waals surface area contributed by atoms with Gasteiger partial charge in [0.2, 0.25) is 23.6 Å². The third kappa shape index (κ3) is 9.62. The molecule has 0 aliphatic carbocycles. The van der Waals surface area contributed by atoms with Crippen molar-refractivity contribution < 1.29 is 39.3 Å². The van der Waals surface area contributed by atoms with E-state index >= 15 is 0 Å². The summed E-state index contributed by atoms with van der Waals surface area (Å²) in [5.74, 6) is -5.21. The number of carbonyl (C=O) groups is 5. The molecular weight excluding hydrogens is 402 g/mol. The van der Waals surface area contributed by atoms with Gasteiger partial charge in [0.25, 0.3) is 0 Å². The second-order valence-electron chi connectivity index (χ2n) is 7.28. The third-order valence-corrected chi connectivity index (χ3v) is 3.96. The number of hydrogen-bond donors (Lipinski definition) is 8. The maximum atomic E-state index is 12.6. The Morgan fingerprint density at radius 3 is 1.80 bits per heavy atom. The molecule has 0 bridgehead atoms. The van der Waals surface area contributed by atoms with E-state index in [4.69, 9.17) is 21.7 Å². The average Bonchev–Trinajstić information content (AvgIpc) is 2.62. The molecule has 0 aliphatic heterocycles. The van der Waals surface area contributed by atoms with E-state index in [2.05, 4.69) is 16.0 Å². The lowest BCUT2D eigenvalue weighted by Gasteiger charge is -2.26. The maximum absolute atomic E-state index is 12.6. The summed E-state index contributed by atoms with van der Waals surface area (Å²) < 4.78 is 0. The zero-order chi connectivity index (χ0) is 23.6. The second kappa shape index (κ2) is 12.7. The lowest BCUT2D eigenvalue weighted by Crippen LogP contribution is -2.59. The van der Waals surface area contributed by atoms with Crippen LogP contribution in [-0.4, -0.2) is 81.8 Å². The van der Waals surface area contributed by atoms with Crippen LogP contribution in [0.15, 0.2) is 0 Å². The predicted molar refractivity (Wildman–Crippen MR) is 103 cm³/mol. The summed E-state index contributed by atoms with van der Waals surface area (Å²) in [5, 5.41) is 34.2. The van der Waals surface area contributed by atoms with Crippen molar-refractivity contribution in [3.8, 4) is 0 Å². The van der Waals surface area contributed by atoms with Crippen LogP contribution in [0.5, 0.6) is 0 Å². The minimum atomic E-state index is -1.60. The molecule has 0 heterocycles. The zero-order valence-corrected chi connectivity index (χ0v) is 17.1. The van der Waals surface area contributed by atoms with Crippen LogP contribution in [0, 0.1) is 5.92 Å². The molecule has 13 nitrogen and oxygen atoms in total. The first-order valence-corrected chi connectivity index (χ1v) is 9.26. The average molecular weight is 433 g/mol. The van der Waals surface area contributed by atoms with Gasteiger partial charge in [-0.3, -0.25) is 19.2 Å². The van der Waals surface area contributed by atoms with Crippen molar-refractivity contribution in [3.63, 3.8) is 0 Å². The van der Waals surface area contributed by atoms with E-state index < -0.39 is 72.9 Å². The standard InChI is InChI=1S/C17H31N5O8/c1-7(2)4-10(16(28)22-13(8(3)24)17(29)30)21-15(27)11(5-12(19)25)20-14(26)9(18)6-23/h7-11,13,23-24H,4-6,18H2,1-3H3,(H2,19,25)(H,20,26)(H,21,27)(H,22,28)(H,29,30). The Balaban J connectivity index is 5.48. The van der Waals surface area contributed by atoms with Crippen molar-refractivity contribution in [1.82, 2.24) is 16.0 Å². The van der Waals surface area contributed by atoms with Gasteiger partial charge in [0, 0.05) is 0 Å². The van der Waals surface area contributed by atoms with Gasteiger partial charge >= 0.3 is 5.97 Å². The zero-order valence-electron chi connectivity index (χ0n) is 17.1. The van der Waals surface area contributed by atoms with Crippen LogP contribution >= 0.6 is 0 Å². The molecule has 0 fully saturated rings. The Hall–Kier alpha value is -2.77. The van der Waals surface area contributed by atoms with Crippen LogP contribution in [-0.2, 0) is 24.0 Å². The smallest absolute Gasteiger partial charge is 0.328 e. The van der Waals surface area contributed by atoms with E-state index in [1.54, 1.807) is 13.8 Å². The SMILES string of the molecule is CC(C)CC(NC(=O)C(CC(N)=O)NC(=O)C(N)CO)C(=O)NC(C(=O)O)C(C)O. The van der Waals surface area contributed by atoms with Gasteiger partial charge in [-0.05, 0) is 19.3 Å². The molecule has 0 radical (unpaired) electrons. The monoisotopic (exact) mass is 433 g/mol. The van der Waals surface area contributed by atoms with Crippen molar-refractivity contribution in [2.75, 3.05) is 6.61 Å². The molecule has 5 unspecified atom stereocenters. The van der Waals surface area contributed by atoms with E-state index in [1.165, 1.54) is 6.92 Å².